The fourth-order valence-electron chi connectivity index (χ4n) is 3.46. The van der Waals surface area contributed by atoms with E-state index in [0.717, 1.165) is 6.07 Å². The van der Waals surface area contributed by atoms with Crippen molar-refractivity contribution in [3.63, 3.8) is 0 Å². The number of nitro benzene ring substituents is 1. The SMILES string of the molecule is COc1ccc([N+](=O)[O-])cc1NC(=O)C(C)N1CCN(C(=O)c2ccc(F)cc2Cl)CC1. The Morgan fingerprint density at radius 1 is 1.19 bits per heavy atom. The number of benzene rings is 2. The standard InChI is InChI=1S/C21H22ClFN4O5/c1-13(20(28)24-18-12-15(27(30)31)4-6-19(18)32-2)25-7-9-26(10-8-25)21(29)16-5-3-14(23)11-17(16)22/h3-6,11-13H,7-10H2,1-2H3,(H,24,28). The quantitative estimate of drug-likeness (QED) is 0.520. The van der Waals surface area contributed by atoms with Crippen molar-refractivity contribution in [2.45, 2.75) is 13.0 Å². The number of methoxy groups -OCH3 is 1. The van der Waals surface area contributed by atoms with Crippen LogP contribution < -0.4 is 10.1 Å². The van der Waals surface area contributed by atoms with Crippen molar-refractivity contribution < 1.29 is 23.6 Å². The molecule has 0 aromatic heterocycles. The molecule has 2 amide bonds. The Hall–Kier alpha value is -3.24. The number of carbonyl (C=O) groups is 2. The number of nitro groups is 1. The molecule has 0 saturated carbocycles. The van der Waals surface area contributed by atoms with Gasteiger partial charge >= 0.3 is 0 Å². The second-order valence-corrected chi connectivity index (χ2v) is 7.67. The average molecular weight is 465 g/mol. The topological polar surface area (TPSA) is 105 Å². The second-order valence-electron chi connectivity index (χ2n) is 7.26. The van der Waals surface area contributed by atoms with Gasteiger partial charge in [-0.2, -0.15) is 0 Å². The summed E-state index contributed by atoms with van der Waals surface area (Å²) in [6.45, 7) is 3.32. The number of nitrogens with one attached hydrogen (secondary N) is 1. The van der Waals surface area contributed by atoms with Crippen molar-refractivity contribution in [3.05, 3.63) is 62.9 Å². The summed E-state index contributed by atoms with van der Waals surface area (Å²) in [5.41, 5.74) is 0.267. The van der Waals surface area contributed by atoms with Crippen molar-refractivity contribution in [1.82, 2.24) is 9.80 Å². The summed E-state index contributed by atoms with van der Waals surface area (Å²) in [4.78, 5) is 39.4. The van der Waals surface area contributed by atoms with Gasteiger partial charge in [-0.25, -0.2) is 4.39 Å². The molecule has 9 nitrogen and oxygen atoms in total. The molecule has 1 N–H and O–H groups in total. The zero-order chi connectivity index (χ0) is 23.4. The highest BCUT2D eigenvalue weighted by Crippen LogP contribution is 2.29. The summed E-state index contributed by atoms with van der Waals surface area (Å²) in [6, 6.07) is 7.04. The van der Waals surface area contributed by atoms with E-state index in [-0.39, 0.29) is 33.8 Å². The summed E-state index contributed by atoms with van der Waals surface area (Å²) < 4.78 is 18.4. The van der Waals surface area contributed by atoms with Crippen molar-refractivity contribution in [2.75, 3.05) is 38.6 Å². The van der Waals surface area contributed by atoms with Gasteiger partial charge in [-0.3, -0.25) is 24.6 Å². The maximum absolute atomic E-state index is 13.2. The van der Waals surface area contributed by atoms with Gasteiger partial charge in [-0.15, -0.1) is 0 Å². The molecule has 1 fully saturated rings. The molecule has 0 aliphatic carbocycles. The van der Waals surface area contributed by atoms with Gasteiger partial charge in [0, 0.05) is 38.3 Å². The number of rotatable bonds is 6. The smallest absolute Gasteiger partial charge is 0.271 e. The highest BCUT2D eigenvalue weighted by molar-refractivity contribution is 6.33. The van der Waals surface area contributed by atoms with Crippen LogP contribution in [0.25, 0.3) is 0 Å². The van der Waals surface area contributed by atoms with E-state index < -0.39 is 16.8 Å². The first-order chi connectivity index (χ1) is 15.2. The van der Waals surface area contributed by atoms with Crippen molar-refractivity contribution in [3.8, 4) is 5.75 Å². The van der Waals surface area contributed by atoms with Gasteiger partial charge in [0.25, 0.3) is 11.6 Å². The Balaban J connectivity index is 1.62. The fraction of sp³-hybridized carbons (Fsp3) is 0.333. The van der Waals surface area contributed by atoms with Crippen LogP contribution in [0.3, 0.4) is 0 Å². The molecule has 1 aliphatic heterocycles. The maximum atomic E-state index is 13.2. The Labute approximate surface area is 188 Å². The van der Waals surface area contributed by atoms with Crippen LogP contribution in [0.4, 0.5) is 15.8 Å². The van der Waals surface area contributed by atoms with Crippen LogP contribution in [0.15, 0.2) is 36.4 Å². The summed E-state index contributed by atoms with van der Waals surface area (Å²) in [6.07, 6.45) is 0. The fourth-order valence-corrected chi connectivity index (χ4v) is 3.70. The molecule has 32 heavy (non-hydrogen) atoms. The Morgan fingerprint density at radius 2 is 1.88 bits per heavy atom. The van der Waals surface area contributed by atoms with Crippen molar-refractivity contribution in [2.24, 2.45) is 0 Å². The predicted octanol–water partition coefficient (Wildman–Crippen LogP) is 3.18. The lowest BCUT2D eigenvalue weighted by Crippen LogP contribution is -2.54. The molecule has 2 aromatic rings. The van der Waals surface area contributed by atoms with E-state index in [1.807, 2.05) is 4.90 Å². The first-order valence-corrected chi connectivity index (χ1v) is 10.2. The summed E-state index contributed by atoms with van der Waals surface area (Å²) in [5, 5.41) is 13.8. The summed E-state index contributed by atoms with van der Waals surface area (Å²) in [7, 11) is 1.41. The van der Waals surface area contributed by atoms with E-state index in [0.29, 0.717) is 31.9 Å². The second kappa shape index (κ2) is 9.92. The van der Waals surface area contributed by atoms with Gasteiger partial charge in [0.1, 0.15) is 11.6 Å². The molecule has 170 valence electrons. The van der Waals surface area contributed by atoms with Crippen molar-refractivity contribution >= 4 is 34.8 Å². The van der Waals surface area contributed by atoms with Crippen LogP contribution in [-0.2, 0) is 4.79 Å². The maximum Gasteiger partial charge on any atom is 0.271 e. The normalized spacial score (nSPS) is 15.2. The number of hydrogen-bond acceptors (Lipinski definition) is 6. The highest BCUT2D eigenvalue weighted by Gasteiger charge is 2.29. The van der Waals surface area contributed by atoms with Crippen LogP contribution in [0.2, 0.25) is 5.02 Å². The van der Waals surface area contributed by atoms with E-state index in [4.69, 9.17) is 16.3 Å². The molecule has 0 bridgehead atoms. The predicted molar refractivity (Wildman–Crippen MR) is 117 cm³/mol. The zero-order valence-corrected chi connectivity index (χ0v) is 18.3. The molecule has 0 spiro atoms. The number of anilines is 1. The molecule has 1 unspecified atom stereocenters. The van der Waals surface area contributed by atoms with Crippen molar-refractivity contribution in [1.29, 1.82) is 0 Å². The first kappa shape index (κ1) is 23.4. The van der Waals surface area contributed by atoms with Crippen LogP contribution >= 0.6 is 11.6 Å². The van der Waals surface area contributed by atoms with E-state index in [2.05, 4.69) is 5.32 Å². The van der Waals surface area contributed by atoms with Gasteiger partial charge in [0.2, 0.25) is 5.91 Å². The van der Waals surface area contributed by atoms with Gasteiger partial charge in [-0.05, 0) is 31.2 Å². The van der Waals surface area contributed by atoms with E-state index >= 15 is 0 Å². The minimum Gasteiger partial charge on any atom is -0.495 e. The number of amides is 2. The molecule has 1 heterocycles. The molecule has 2 aromatic carbocycles. The summed E-state index contributed by atoms with van der Waals surface area (Å²) in [5.74, 6) is -0.863. The molecular formula is C21H22ClFN4O5. The number of ether oxygens (including phenoxy) is 1. The Kier molecular flexibility index (Phi) is 7.26. The van der Waals surface area contributed by atoms with Crippen LogP contribution in [0.5, 0.6) is 5.75 Å². The van der Waals surface area contributed by atoms with E-state index in [1.54, 1.807) is 11.8 Å². The molecule has 3 rings (SSSR count). The summed E-state index contributed by atoms with van der Waals surface area (Å²) >= 11 is 5.99. The van der Waals surface area contributed by atoms with E-state index in [1.165, 1.54) is 37.4 Å². The average Bonchev–Trinajstić information content (AvgIpc) is 2.78. The molecule has 1 saturated heterocycles. The minimum absolute atomic E-state index is 0.0519. The third-order valence-electron chi connectivity index (χ3n) is 5.34. The van der Waals surface area contributed by atoms with Gasteiger partial charge in [-0.1, -0.05) is 11.6 Å². The number of nitrogens with zero attached hydrogens (tertiary/aromatic N) is 3. The molecule has 1 atom stereocenters. The first-order valence-electron chi connectivity index (χ1n) is 9.83. The number of piperazine rings is 1. The van der Waals surface area contributed by atoms with Gasteiger partial charge in [0.05, 0.1) is 34.3 Å². The molecular weight excluding hydrogens is 443 g/mol. The zero-order valence-electron chi connectivity index (χ0n) is 17.5. The largest absolute Gasteiger partial charge is 0.495 e. The lowest BCUT2D eigenvalue weighted by atomic mass is 10.1. The number of hydrogen-bond donors (Lipinski definition) is 1. The number of non-ortho nitro benzene ring substituents is 1. The third kappa shape index (κ3) is 5.14. The van der Waals surface area contributed by atoms with E-state index in [9.17, 15) is 24.1 Å². The van der Waals surface area contributed by atoms with Gasteiger partial charge < -0.3 is 15.0 Å². The minimum atomic E-state index is -0.553. The Morgan fingerprint density at radius 3 is 2.47 bits per heavy atom. The van der Waals surface area contributed by atoms with Crippen LogP contribution in [0, 0.1) is 15.9 Å². The highest BCUT2D eigenvalue weighted by atomic mass is 35.5. The lowest BCUT2D eigenvalue weighted by Gasteiger charge is -2.37. The number of halogens is 2. The number of carbonyl (C=O) groups excluding carboxylic acids is 2. The third-order valence-corrected chi connectivity index (χ3v) is 5.65. The molecule has 1 aliphatic rings. The molecule has 0 radical (unpaired) electrons. The molecule has 11 heteroatoms. The Bertz CT molecular complexity index is 1040. The monoisotopic (exact) mass is 464 g/mol. The lowest BCUT2D eigenvalue weighted by molar-refractivity contribution is -0.384. The van der Waals surface area contributed by atoms with Crippen LogP contribution in [-0.4, -0.2) is 65.9 Å². The van der Waals surface area contributed by atoms with Gasteiger partial charge in [0.15, 0.2) is 0 Å². The van der Waals surface area contributed by atoms with Crippen LogP contribution in [0.1, 0.15) is 17.3 Å².